The second kappa shape index (κ2) is 5.12. The van der Waals surface area contributed by atoms with Gasteiger partial charge in [-0.05, 0) is 25.0 Å². The number of ether oxygens (including phenoxy) is 1. The van der Waals surface area contributed by atoms with Gasteiger partial charge in [-0.1, -0.05) is 0 Å². The average molecular weight is 208 g/mol. The van der Waals surface area contributed by atoms with Crippen molar-refractivity contribution in [1.29, 1.82) is 0 Å². The number of aryl methyl sites for hydroxylation is 1. The largest absolute Gasteiger partial charge is 0.469 e. The van der Waals surface area contributed by atoms with Crippen LogP contribution in [0.2, 0.25) is 0 Å². The van der Waals surface area contributed by atoms with E-state index in [0.717, 1.165) is 38.2 Å². The fourth-order valence-electron chi connectivity index (χ4n) is 1.92. The molecule has 2 rings (SSSR count). The standard InChI is InChI=1S/C12H16O3/c13-12(10-5-8-14-9-6-10)4-3-11-2-1-7-15-11/h1-2,7,10H,3-6,8-9H2. The Morgan fingerprint density at radius 2 is 2.20 bits per heavy atom. The highest BCUT2D eigenvalue weighted by atomic mass is 16.5. The van der Waals surface area contributed by atoms with E-state index in [1.165, 1.54) is 0 Å². The van der Waals surface area contributed by atoms with Gasteiger partial charge in [-0.2, -0.15) is 0 Å². The van der Waals surface area contributed by atoms with Crippen LogP contribution in [-0.4, -0.2) is 19.0 Å². The second-order valence-corrected chi connectivity index (χ2v) is 3.93. The highest BCUT2D eigenvalue weighted by Crippen LogP contribution is 2.18. The van der Waals surface area contributed by atoms with Crippen molar-refractivity contribution in [2.75, 3.05) is 13.2 Å². The van der Waals surface area contributed by atoms with Crippen LogP contribution in [0.15, 0.2) is 22.8 Å². The van der Waals surface area contributed by atoms with Gasteiger partial charge in [0.2, 0.25) is 0 Å². The second-order valence-electron chi connectivity index (χ2n) is 3.93. The van der Waals surface area contributed by atoms with Crippen molar-refractivity contribution < 1.29 is 13.9 Å². The van der Waals surface area contributed by atoms with Gasteiger partial charge in [0.05, 0.1) is 6.26 Å². The molecule has 0 N–H and O–H groups in total. The van der Waals surface area contributed by atoms with Crippen molar-refractivity contribution in [2.24, 2.45) is 5.92 Å². The molecule has 2 heterocycles. The third kappa shape index (κ3) is 2.93. The zero-order valence-electron chi connectivity index (χ0n) is 8.78. The summed E-state index contributed by atoms with van der Waals surface area (Å²) in [6.07, 6.45) is 4.74. The molecule has 0 saturated carbocycles. The van der Waals surface area contributed by atoms with Crippen molar-refractivity contribution in [3.8, 4) is 0 Å². The lowest BCUT2D eigenvalue weighted by Gasteiger charge is -2.20. The zero-order valence-corrected chi connectivity index (χ0v) is 8.78. The summed E-state index contributed by atoms with van der Waals surface area (Å²) >= 11 is 0. The van der Waals surface area contributed by atoms with Gasteiger partial charge in [0.25, 0.3) is 0 Å². The van der Waals surface area contributed by atoms with Crippen LogP contribution in [-0.2, 0) is 16.0 Å². The van der Waals surface area contributed by atoms with Gasteiger partial charge >= 0.3 is 0 Å². The van der Waals surface area contributed by atoms with Gasteiger partial charge in [-0.3, -0.25) is 4.79 Å². The lowest BCUT2D eigenvalue weighted by molar-refractivity contribution is -0.125. The first-order valence-electron chi connectivity index (χ1n) is 5.49. The molecule has 0 amide bonds. The molecule has 15 heavy (non-hydrogen) atoms. The Morgan fingerprint density at radius 3 is 2.87 bits per heavy atom. The number of rotatable bonds is 4. The van der Waals surface area contributed by atoms with Crippen LogP contribution < -0.4 is 0 Å². The molecule has 1 aliphatic rings. The molecule has 3 heteroatoms. The first-order valence-corrected chi connectivity index (χ1v) is 5.49. The lowest BCUT2D eigenvalue weighted by Crippen LogP contribution is -2.23. The minimum absolute atomic E-state index is 0.216. The van der Waals surface area contributed by atoms with Gasteiger partial charge in [0.15, 0.2) is 0 Å². The Hall–Kier alpha value is -1.09. The maximum Gasteiger partial charge on any atom is 0.136 e. The molecular formula is C12H16O3. The number of ketones is 1. The maximum absolute atomic E-state index is 11.8. The number of Topliss-reactive ketones (excluding diaryl/α,β-unsaturated/α-hetero) is 1. The smallest absolute Gasteiger partial charge is 0.136 e. The molecule has 0 radical (unpaired) electrons. The summed E-state index contributed by atoms with van der Waals surface area (Å²) in [6, 6.07) is 3.77. The summed E-state index contributed by atoms with van der Waals surface area (Å²) in [5.41, 5.74) is 0. The number of hydrogen-bond acceptors (Lipinski definition) is 3. The van der Waals surface area contributed by atoms with Gasteiger partial charge in [0, 0.05) is 32.0 Å². The van der Waals surface area contributed by atoms with Crippen molar-refractivity contribution >= 4 is 5.78 Å². The predicted octanol–water partition coefficient (Wildman–Crippen LogP) is 2.21. The van der Waals surface area contributed by atoms with Gasteiger partial charge < -0.3 is 9.15 Å². The maximum atomic E-state index is 11.8. The van der Waals surface area contributed by atoms with Crippen LogP contribution in [0.4, 0.5) is 0 Å². The predicted molar refractivity (Wildman–Crippen MR) is 55.6 cm³/mol. The van der Waals surface area contributed by atoms with Crippen LogP contribution in [0.3, 0.4) is 0 Å². The van der Waals surface area contributed by atoms with Crippen molar-refractivity contribution in [1.82, 2.24) is 0 Å². The highest BCUT2D eigenvalue weighted by molar-refractivity contribution is 5.81. The third-order valence-corrected chi connectivity index (χ3v) is 2.87. The van der Waals surface area contributed by atoms with Crippen LogP contribution >= 0.6 is 0 Å². The molecule has 3 nitrogen and oxygen atoms in total. The van der Waals surface area contributed by atoms with E-state index in [0.29, 0.717) is 12.2 Å². The molecule has 1 aliphatic heterocycles. The number of carbonyl (C=O) groups excluding carboxylic acids is 1. The summed E-state index contributed by atoms with van der Waals surface area (Å²) in [6.45, 7) is 1.47. The molecule has 0 bridgehead atoms. The van der Waals surface area contributed by atoms with E-state index in [1.807, 2.05) is 12.1 Å². The molecule has 1 saturated heterocycles. The number of hydrogen-bond donors (Lipinski definition) is 0. The van der Waals surface area contributed by atoms with E-state index in [9.17, 15) is 4.79 Å². The molecule has 0 unspecified atom stereocenters. The Labute approximate surface area is 89.4 Å². The van der Waals surface area contributed by atoms with Crippen molar-refractivity contribution in [3.63, 3.8) is 0 Å². The molecule has 0 aliphatic carbocycles. The summed E-state index contributed by atoms with van der Waals surface area (Å²) < 4.78 is 10.4. The van der Waals surface area contributed by atoms with Gasteiger partial charge in [0.1, 0.15) is 11.5 Å². The van der Waals surface area contributed by atoms with Crippen LogP contribution in [0.5, 0.6) is 0 Å². The Balaban J connectivity index is 1.76. The van der Waals surface area contributed by atoms with Gasteiger partial charge in [-0.15, -0.1) is 0 Å². The Morgan fingerprint density at radius 1 is 1.40 bits per heavy atom. The Kier molecular flexibility index (Phi) is 3.56. The minimum Gasteiger partial charge on any atom is -0.469 e. The van der Waals surface area contributed by atoms with Gasteiger partial charge in [-0.25, -0.2) is 0 Å². The fraction of sp³-hybridized carbons (Fsp3) is 0.583. The van der Waals surface area contributed by atoms with E-state index in [2.05, 4.69) is 0 Å². The average Bonchev–Trinajstić information content (AvgIpc) is 2.80. The third-order valence-electron chi connectivity index (χ3n) is 2.87. The molecule has 0 spiro atoms. The summed E-state index contributed by atoms with van der Waals surface area (Å²) in [5, 5.41) is 0. The molecule has 1 aromatic heterocycles. The highest BCUT2D eigenvalue weighted by Gasteiger charge is 2.21. The van der Waals surface area contributed by atoms with E-state index < -0.39 is 0 Å². The first kappa shape index (κ1) is 10.4. The monoisotopic (exact) mass is 208 g/mol. The molecule has 0 atom stereocenters. The minimum atomic E-state index is 0.216. The lowest BCUT2D eigenvalue weighted by atomic mass is 9.92. The van der Waals surface area contributed by atoms with Crippen molar-refractivity contribution in [2.45, 2.75) is 25.7 Å². The van der Waals surface area contributed by atoms with Crippen LogP contribution in [0, 0.1) is 5.92 Å². The summed E-state index contributed by atoms with van der Waals surface area (Å²) in [5.74, 6) is 1.47. The first-order chi connectivity index (χ1) is 7.36. The fourth-order valence-corrected chi connectivity index (χ4v) is 1.92. The molecular weight excluding hydrogens is 192 g/mol. The van der Waals surface area contributed by atoms with E-state index >= 15 is 0 Å². The van der Waals surface area contributed by atoms with Crippen molar-refractivity contribution in [3.05, 3.63) is 24.2 Å². The topological polar surface area (TPSA) is 39.4 Å². The zero-order chi connectivity index (χ0) is 10.5. The number of furan rings is 1. The Bertz CT molecular complexity index is 297. The molecule has 1 fully saturated rings. The normalized spacial score (nSPS) is 17.9. The van der Waals surface area contributed by atoms with E-state index in [-0.39, 0.29) is 5.92 Å². The summed E-state index contributed by atoms with van der Waals surface area (Å²) in [4.78, 5) is 11.8. The molecule has 1 aromatic rings. The van der Waals surface area contributed by atoms with Crippen LogP contribution in [0.1, 0.15) is 25.0 Å². The SMILES string of the molecule is O=C(CCc1ccco1)C1CCOCC1. The molecule has 82 valence electrons. The number of carbonyl (C=O) groups is 1. The van der Waals surface area contributed by atoms with E-state index in [1.54, 1.807) is 6.26 Å². The molecule has 0 aromatic carbocycles. The van der Waals surface area contributed by atoms with Crippen LogP contribution in [0.25, 0.3) is 0 Å². The van der Waals surface area contributed by atoms with E-state index in [4.69, 9.17) is 9.15 Å². The summed E-state index contributed by atoms with van der Waals surface area (Å²) in [7, 11) is 0. The quantitative estimate of drug-likeness (QED) is 0.761.